The Hall–Kier alpha value is -3.01. The monoisotopic (exact) mass is 300 g/mol. The number of rotatable bonds is 1. The van der Waals surface area contributed by atoms with E-state index < -0.39 is 0 Å². The van der Waals surface area contributed by atoms with E-state index in [4.69, 9.17) is 0 Å². The molecule has 0 aliphatic carbocycles. The fraction of sp³-hybridized carbons (Fsp3) is 0.0526. The van der Waals surface area contributed by atoms with Gasteiger partial charge >= 0.3 is 0 Å². The van der Waals surface area contributed by atoms with Gasteiger partial charge in [0.1, 0.15) is 0 Å². The number of hydrogen-bond acceptors (Lipinski definition) is 3. The topological polar surface area (TPSA) is 47.8 Å². The van der Waals surface area contributed by atoms with Gasteiger partial charge in [0.15, 0.2) is 5.43 Å². The van der Waals surface area contributed by atoms with Gasteiger partial charge in [0, 0.05) is 41.3 Å². The molecular formula is C19H14N3O. The molecule has 111 valence electrons. The first-order valence-electron chi connectivity index (χ1n) is 7.30. The van der Waals surface area contributed by atoms with Gasteiger partial charge in [-0.3, -0.25) is 14.5 Å². The lowest BCUT2D eigenvalue weighted by molar-refractivity contribution is 0.768. The molecule has 2 aromatic carbocycles. The Morgan fingerprint density at radius 3 is 2.61 bits per heavy atom. The van der Waals surface area contributed by atoms with Crippen molar-refractivity contribution in [1.82, 2.24) is 14.8 Å². The second-order valence-corrected chi connectivity index (χ2v) is 5.64. The fourth-order valence-corrected chi connectivity index (χ4v) is 2.78. The zero-order chi connectivity index (χ0) is 16.0. The van der Waals surface area contributed by atoms with Crippen LogP contribution < -0.4 is 5.43 Å². The summed E-state index contributed by atoms with van der Waals surface area (Å²) in [5.41, 5.74) is 3.31. The van der Waals surface area contributed by atoms with Crippen LogP contribution in [0.25, 0.3) is 32.8 Å². The van der Waals surface area contributed by atoms with Crippen molar-refractivity contribution in [3.63, 3.8) is 0 Å². The van der Waals surface area contributed by atoms with Gasteiger partial charge in [-0.15, -0.1) is 0 Å². The van der Waals surface area contributed by atoms with E-state index in [-0.39, 0.29) is 5.43 Å². The molecule has 1 radical (unpaired) electrons. The molecule has 23 heavy (non-hydrogen) atoms. The molecule has 2 heterocycles. The molecular weight excluding hydrogens is 286 g/mol. The minimum atomic E-state index is -0.0243. The molecule has 0 aliphatic rings. The summed E-state index contributed by atoms with van der Waals surface area (Å²) in [6.07, 6.45) is 5.45. The van der Waals surface area contributed by atoms with Gasteiger partial charge in [-0.1, -0.05) is 18.2 Å². The first-order valence-corrected chi connectivity index (χ1v) is 7.30. The summed E-state index contributed by atoms with van der Waals surface area (Å²) >= 11 is 0. The van der Waals surface area contributed by atoms with Crippen molar-refractivity contribution < 1.29 is 0 Å². The maximum atomic E-state index is 12.9. The summed E-state index contributed by atoms with van der Waals surface area (Å²) in [6, 6.07) is 11.3. The molecule has 4 heteroatoms. The van der Waals surface area contributed by atoms with Crippen LogP contribution in [0.1, 0.15) is 5.56 Å². The van der Waals surface area contributed by atoms with Gasteiger partial charge in [0.25, 0.3) is 0 Å². The van der Waals surface area contributed by atoms with Crippen molar-refractivity contribution >= 4 is 21.7 Å². The average Bonchev–Trinajstić information content (AvgIpc) is 2.94. The van der Waals surface area contributed by atoms with Crippen LogP contribution in [-0.2, 0) is 7.05 Å². The maximum absolute atomic E-state index is 12.9. The molecule has 0 saturated heterocycles. The van der Waals surface area contributed by atoms with Crippen molar-refractivity contribution in [3.05, 3.63) is 77.7 Å². The van der Waals surface area contributed by atoms with Crippen molar-refractivity contribution in [2.75, 3.05) is 0 Å². The van der Waals surface area contributed by atoms with E-state index in [1.165, 1.54) is 0 Å². The van der Waals surface area contributed by atoms with Crippen molar-refractivity contribution in [2.45, 2.75) is 0 Å². The van der Waals surface area contributed by atoms with E-state index in [1.54, 1.807) is 17.1 Å². The Morgan fingerprint density at radius 1 is 1.00 bits per heavy atom. The lowest BCUT2D eigenvalue weighted by atomic mass is 10.1. The third-order valence-electron chi connectivity index (χ3n) is 3.98. The zero-order valence-corrected chi connectivity index (χ0v) is 12.7. The second kappa shape index (κ2) is 5.02. The van der Waals surface area contributed by atoms with Crippen LogP contribution in [0.5, 0.6) is 0 Å². The van der Waals surface area contributed by atoms with Crippen LogP contribution in [0.2, 0.25) is 0 Å². The van der Waals surface area contributed by atoms with Gasteiger partial charge < -0.3 is 0 Å². The highest BCUT2D eigenvalue weighted by Crippen LogP contribution is 2.22. The van der Waals surface area contributed by atoms with E-state index in [0.717, 1.165) is 22.1 Å². The molecule has 4 nitrogen and oxygen atoms in total. The van der Waals surface area contributed by atoms with E-state index in [2.05, 4.69) is 17.0 Å². The molecule has 4 aromatic rings. The predicted octanol–water partition coefficient (Wildman–Crippen LogP) is 3.33. The summed E-state index contributed by atoms with van der Waals surface area (Å²) in [5, 5.41) is 6.33. The molecule has 0 unspecified atom stereocenters. The van der Waals surface area contributed by atoms with Gasteiger partial charge in [-0.2, -0.15) is 5.10 Å². The summed E-state index contributed by atoms with van der Waals surface area (Å²) < 4.78 is 1.73. The van der Waals surface area contributed by atoms with E-state index >= 15 is 0 Å². The molecule has 0 saturated carbocycles. The number of aromatic nitrogens is 3. The summed E-state index contributed by atoms with van der Waals surface area (Å²) in [7, 11) is 1.86. The Balaban J connectivity index is 2.09. The Morgan fingerprint density at radius 2 is 1.83 bits per heavy atom. The number of hydrogen-bond donors (Lipinski definition) is 0. The molecule has 0 N–H and O–H groups in total. The van der Waals surface area contributed by atoms with Crippen LogP contribution in [0, 0.1) is 6.92 Å². The molecule has 0 amide bonds. The Bertz CT molecular complexity index is 1110. The van der Waals surface area contributed by atoms with Gasteiger partial charge in [-0.05, 0) is 36.1 Å². The lowest BCUT2D eigenvalue weighted by Crippen LogP contribution is -1.99. The summed E-state index contributed by atoms with van der Waals surface area (Å²) in [5.74, 6) is 0. The average molecular weight is 300 g/mol. The SMILES string of the molecule is [CH2]c1ccc2ccc3ncc(-c4cnn(C)c4)cc3c(=O)c2c1. The predicted molar refractivity (Wildman–Crippen MR) is 92.2 cm³/mol. The fourth-order valence-electron chi connectivity index (χ4n) is 2.78. The number of benzene rings is 1. The normalized spacial score (nSPS) is 11.2. The minimum Gasteiger partial charge on any atom is -0.289 e. The minimum absolute atomic E-state index is 0.0243. The standard InChI is InChI=1S/C19H14N3O/c1-12-3-4-13-5-6-18-17(19(23)16(13)7-12)8-14(9-20-18)15-10-21-22(2)11-15/h3-11H,1H2,2H3. The molecule has 0 atom stereocenters. The molecule has 0 aliphatic heterocycles. The van der Waals surface area contributed by atoms with Crippen molar-refractivity contribution in [1.29, 1.82) is 0 Å². The van der Waals surface area contributed by atoms with Crippen LogP contribution in [-0.4, -0.2) is 14.8 Å². The second-order valence-electron chi connectivity index (χ2n) is 5.64. The number of nitrogens with zero attached hydrogens (tertiary/aromatic N) is 3. The van der Waals surface area contributed by atoms with Crippen LogP contribution in [0.15, 0.2) is 59.8 Å². The number of aryl methyl sites for hydroxylation is 1. The van der Waals surface area contributed by atoms with Crippen LogP contribution in [0.3, 0.4) is 0 Å². The van der Waals surface area contributed by atoms with Gasteiger partial charge in [0.05, 0.1) is 11.7 Å². The smallest absolute Gasteiger partial charge is 0.195 e. The maximum Gasteiger partial charge on any atom is 0.195 e. The van der Waals surface area contributed by atoms with E-state index in [9.17, 15) is 4.79 Å². The van der Waals surface area contributed by atoms with Crippen LogP contribution in [0.4, 0.5) is 0 Å². The van der Waals surface area contributed by atoms with Crippen molar-refractivity contribution in [2.24, 2.45) is 7.05 Å². The number of pyridine rings is 1. The zero-order valence-electron chi connectivity index (χ0n) is 12.7. The lowest BCUT2D eigenvalue weighted by Gasteiger charge is -1.98. The summed E-state index contributed by atoms with van der Waals surface area (Å²) in [6.45, 7) is 3.91. The molecule has 0 bridgehead atoms. The van der Waals surface area contributed by atoms with Crippen molar-refractivity contribution in [3.8, 4) is 11.1 Å². The van der Waals surface area contributed by atoms with Gasteiger partial charge in [0.2, 0.25) is 0 Å². The third kappa shape index (κ3) is 2.28. The van der Waals surface area contributed by atoms with E-state index in [0.29, 0.717) is 16.3 Å². The third-order valence-corrected chi connectivity index (χ3v) is 3.98. The quantitative estimate of drug-likeness (QED) is 0.542. The highest BCUT2D eigenvalue weighted by atomic mass is 16.1. The largest absolute Gasteiger partial charge is 0.289 e. The molecule has 0 fully saturated rings. The first kappa shape index (κ1) is 13.6. The summed E-state index contributed by atoms with van der Waals surface area (Å²) in [4.78, 5) is 17.4. The molecule has 4 rings (SSSR count). The molecule has 0 spiro atoms. The number of fused-ring (bicyclic) bond motifs is 2. The van der Waals surface area contributed by atoms with Gasteiger partial charge in [-0.25, -0.2) is 0 Å². The molecule has 2 aromatic heterocycles. The van der Waals surface area contributed by atoms with Crippen LogP contribution >= 0.6 is 0 Å². The first-order chi connectivity index (χ1) is 11.1. The Kier molecular flexibility index (Phi) is 2.98. The van der Waals surface area contributed by atoms with E-state index in [1.807, 2.05) is 49.6 Å². The highest BCUT2D eigenvalue weighted by molar-refractivity contribution is 5.93. The highest BCUT2D eigenvalue weighted by Gasteiger charge is 2.07. The Labute approximate surface area is 133 Å².